The molecule has 1 aliphatic carbocycles. The lowest BCUT2D eigenvalue weighted by molar-refractivity contribution is -0.275. The number of aliphatic hydroxyl groups is 2. The zero-order chi connectivity index (χ0) is 21.5. The van der Waals surface area contributed by atoms with Gasteiger partial charge in [0.15, 0.2) is 0 Å². The number of rotatable bonds is 5. The molecule has 30 heavy (non-hydrogen) atoms. The summed E-state index contributed by atoms with van der Waals surface area (Å²) < 4.78 is 49.1. The molecule has 2 aromatic carbocycles. The molecule has 1 fully saturated rings. The summed E-state index contributed by atoms with van der Waals surface area (Å²) in [4.78, 5) is 0. The van der Waals surface area contributed by atoms with Crippen molar-refractivity contribution in [3.8, 4) is 5.75 Å². The van der Waals surface area contributed by atoms with Gasteiger partial charge in [0, 0.05) is 18.4 Å². The summed E-state index contributed by atoms with van der Waals surface area (Å²) in [6.45, 7) is 1.45. The third kappa shape index (κ3) is 4.63. The van der Waals surface area contributed by atoms with Crippen LogP contribution >= 0.6 is 0 Å². The highest BCUT2D eigenvalue weighted by molar-refractivity contribution is 5.47. The molecule has 0 amide bonds. The van der Waals surface area contributed by atoms with Gasteiger partial charge in [0.25, 0.3) is 0 Å². The number of benzene rings is 2. The summed E-state index contributed by atoms with van der Waals surface area (Å²) in [5.74, 6) is -0.323. The third-order valence-electron chi connectivity index (χ3n) is 5.95. The summed E-state index contributed by atoms with van der Waals surface area (Å²) in [6.07, 6.45) is -3.90. The molecule has 3 unspecified atom stereocenters. The van der Waals surface area contributed by atoms with Crippen molar-refractivity contribution in [1.29, 1.82) is 0 Å². The number of halogens is 3. The Labute approximate surface area is 173 Å². The van der Waals surface area contributed by atoms with Crippen LogP contribution in [0, 0.1) is 6.92 Å². The Bertz CT molecular complexity index is 925. The summed E-state index contributed by atoms with van der Waals surface area (Å²) in [6, 6.07) is 9.39. The molecule has 1 aliphatic heterocycles. The molecule has 4 nitrogen and oxygen atoms in total. The minimum atomic E-state index is -4.84. The minimum absolute atomic E-state index is 0.145. The number of fused-ring (bicyclic) bond motifs is 1. The van der Waals surface area contributed by atoms with Crippen molar-refractivity contribution >= 4 is 0 Å². The number of aliphatic hydroxyl groups excluding tert-OH is 2. The molecule has 0 saturated carbocycles. The Balaban J connectivity index is 1.69. The summed E-state index contributed by atoms with van der Waals surface area (Å²) >= 11 is 0. The van der Waals surface area contributed by atoms with E-state index in [0.717, 1.165) is 24.0 Å². The Morgan fingerprint density at radius 3 is 2.50 bits per heavy atom. The lowest BCUT2D eigenvalue weighted by atomic mass is 9.85. The Morgan fingerprint density at radius 1 is 1.10 bits per heavy atom. The van der Waals surface area contributed by atoms with E-state index in [0.29, 0.717) is 12.0 Å². The van der Waals surface area contributed by atoms with Crippen LogP contribution in [0.5, 0.6) is 5.75 Å². The first kappa shape index (κ1) is 21.2. The highest BCUT2D eigenvalue weighted by Gasteiger charge is 2.36. The maximum Gasteiger partial charge on any atom is 0.573 e. The number of ether oxygens (including phenoxy) is 2. The topological polar surface area (TPSA) is 58.9 Å². The first-order chi connectivity index (χ1) is 14.2. The molecule has 0 bridgehead atoms. The Kier molecular flexibility index (Phi) is 5.79. The predicted octanol–water partition coefficient (Wildman–Crippen LogP) is 4.16. The van der Waals surface area contributed by atoms with Crippen LogP contribution in [0.15, 0.2) is 30.3 Å². The van der Waals surface area contributed by atoms with Gasteiger partial charge in [0.1, 0.15) is 5.75 Å². The van der Waals surface area contributed by atoms with Gasteiger partial charge in [-0.3, -0.25) is 0 Å². The molecule has 2 N–H and O–H groups in total. The van der Waals surface area contributed by atoms with Crippen LogP contribution in [0.1, 0.15) is 52.3 Å². The molecule has 3 atom stereocenters. The van der Waals surface area contributed by atoms with Crippen molar-refractivity contribution in [2.24, 2.45) is 0 Å². The molecular formula is C23H25F3O4. The first-order valence-electron chi connectivity index (χ1n) is 10.2. The standard InChI is InChI=1S/C23H25F3O4/c1-13-6-22(30-23(24,25)26)20(21-11-18(28)10-19(12-27)29-21)9-17(13)8-14-2-3-15-4-5-16(15)7-14/h2-3,6-7,9,18-19,21,27-28H,4-5,8,10-12H2,1H3. The van der Waals surface area contributed by atoms with Crippen molar-refractivity contribution in [2.45, 2.75) is 63.7 Å². The van der Waals surface area contributed by atoms with Gasteiger partial charge >= 0.3 is 6.36 Å². The summed E-state index contributed by atoms with van der Waals surface area (Å²) in [5.41, 5.74) is 5.59. The van der Waals surface area contributed by atoms with Crippen molar-refractivity contribution in [2.75, 3.05) is 6.61 Å². The van der Waals surface area contributed by atoms with Gasteiger partial charge in [-0.2, -0.15) is 0 Å². The van der Waals surface area contributed by atoms with Gasteiger partial charge in [-0.15, -0.1) is 13.2 Å². The van der Waals surface area contributed by atoms with Gasteiger partial charge in [-0.1, -0.05) is 18.2 Å². The van der Waals surface area contributed by atoms with E-state index in [1.807, 2.05) is 0 Å². The molecule has 7 heteroatoms. The SMILES string of the molecule is Cc1cc(OC(F)(F)F)c(C2CC(O)CC(CO)O2)cc1Cc1ccc2c(c1)CC2. The Morgan fingerprint density at radius 2 is 1.87 bits per heavy atom. The third-order valence-corrected chi connectivity index (χ3v) is 5.95. The van der Waals surface area contributed by atoms with Crippen molar-refractivity contribution in [3.63, 3.8) is 0 Å². The van der Waals surface area contributed by atoms with Gasteiger partial charge in [0.2, 0.25) is 0 Å². The highest BCUT2D eigenvalue weighted by Crippen LogP contribution is 2.40. The van der Waals surface area contributed by atoms with Crippen LogP contribution in [-0.4, -0.2) is 35.4 Å². The van der Waals surface area contributed by atoms with Crippen LogP contribution in [0.3, 0.4) is 0 Å². The van der Waals surface area contributed by atoms with Gasteiger partial charge in [-0.25, -0.2) is 0 Å². The van der Waals surface area contributed by atoms with E-state index in [1.165, 1.54) is 17.2 Å². The van der Waals surface area contributed by atoms with Crippen molar-refractivity contribution in [1.82, 2.24) is 0 Å². The summed E-state index contributed by atoms with van der Waals surface area (Å²) in [7, 11) is 0. The molecule has 4 rings (SSSR count). The number of alkyl halides is 3. The van der Waals surface area contributed by atoms with E-state index >= 15 is 0 Å². The van der Waals surface area contributed by atoms with E-state index in [4.69, 9.17) is 4.74 Å². The maximum atomic E-state index is 13.0. The molecule has 0 aromatic heterocycles. The van der Waals surface area contributed by atoms with Crippen LogP contribution < -0.4 is 4.74 Å². The number of hydrogen-bond acceptors (Lipinski definition) is 4. The quantitative estimate of drug-likeness (QED) is 0.760. The number of aryl methyl sites for hydroxylation is 3. The highest BCUT2D eigenvalue weighted by atomic mass is 19.4. The van der Waals surface area contributed by atoms with E-state index in [2.05, 4.69) is 22.9 Å². The fourth-order valence-electron chi connectivity index (χ4n) is 4.29. The molecule has 1 heterocycles. The molecule has 162 valence electrons. The maximum absolute atomic E-state index is 13.0. The normalized spacial score (nSPS) is 23.6. The second-order valence-corrected chi connectivity index (χ2v) is 8.20. The smallest absolute Gasteiger partial charge is 0.405 e. The molecule has 0 spiro atoms. The van der Waals surface area contributed by atoms with Crippen LogP contribution in [0.4, 0.5) is 13.2 Å². The van der Waals surface area contributed by atoms with E-state index in [9.17, 15) is 23.4 Å². The molecule has 2 aliphatic rings. The van der Waals surface area contributed by atoms with E-state index < -0.39 is 24.7 Å². The van der Waals surface area contributed by atoms with E-state index in [-0.39, 0.29) is 30.8 Å². The fraction of sp³-hybridized carbons (Fsp3) is 0.478. The van der Waals surface area contributed by atoms with Gasteiger partial charge in [-0.05, 0) is 66.1 Å². The molecule has 0 radical (unpaired) electrons. The van der Waals surface area contributed by atoms with Crippen molar-refractivity contribution in [3.05, 3.63) is 63.7 Å². The van der Waals surface area contributed by atoms with Crippen LogP contribution in [0.25, 0.3) is 0 Å². The lowest BCUT2D eigenvalue weighted by Gasteiger charge is -2.33. The van der Waals surface area contributed by atoms with Gasteiger partial charge in [0.05, 0.1) is 24.9 Å². The largest absolute Gasteiger partial charge is 0.573 e. The fourth-order valence-corrected chi connectivity index (χ4v) is 4.29. The van der Waals surface area contributed by atoms with Crippen LogP contribution in [-0.2, 0) is 24.0 Å². The second kappa shape index (κ2) is 8.21. The molecular weight excluding hydrogens is 397 g/mol. The zero-order valence-corrected chi connectivity index (χ0v) is 16.7. The van der Waals surface area contributed by atoms with Crippen LogP contribution in [0.2, 0.25) is 0 Å². The first-order valence-corrected chi connectivity index (χ1v) is 10.2. The Hall–Kier alpha value is -2.09. The monoisotopic (exact) mass is 422 g/mol. The average Bonchev–Trinajstić information content (AvgIpc) is 2.64. The lowest BCUT2D eigenvalue weighted by Crippen LogP contribution is -2.34. The zero-order valence-electron chi connectivity index (χ0n) is 16.7. The number of hydrogen-bond donors (Lipinski definition) is 2. The van der Waals surface area contributed by atoms with E-state index in [1.54, 1.807) is 13.0 Å². The molecule has 1 saturated heterocycles. The van der Waals surface area contributed by atoms with Gasteiger partial charge < -0.3 is 19.7 Å². The summed E-state index contributed by atoms with van der Waals surface area (Å²) in [5, 5.41) is 19.6. The second-order valence-electron chi connectivity index (χ2n) is 8.20. The van der Waals surface area contributed by atoms with Crippen molar-refractivity contribution < 1.29 is 32.9 Å². The molecule has 2 aromatic rings. The predicted molar refractivity (Wildman–Crippen MR) is 104 cm³/mol. The average molecular weight is 422 g/mol. The minimum Gasteiger partial charge on any atom is -0.405 e.